The van der Waals surface area contributed by atoms with Gasteiger partial charge in [0.2, 0.25) is 0 Å². The van der Waals surface area contributed by atoms with Gasteiger partial charge in [-0.1, -0.05) is 45.4 Å². The number of anilines is 1. The molecule has 4 rings (SSSR count). The molecule has 11 heteroatoms. The first-order valence-electron chi connectivity index (χ1n) is 18.1. The first kappa shape index (κ1) is 36.8. The van der Waals surface area contributed by atoms with Gasteiger partial charge in [0, 0.05) is 50.4 Å². The highest BCUT2D eigenvalue weighted by atomic mass is 16.5. The van der Waals surface area contributed by atoms with Gasteiger partial charge in [-0.3, -0.25) is 4.79 Å². The van der Waals surface area contributed by atoms with Crippen LogP contribution in [0.3, 0.4) is 0 Å². The van der Waals surface area contributed by atoms with Gasteiger partial charge in [0.15, 0.2) is 0 Å². The number of rotatable bonds is 7. The molecular weight excluding hydrogens is 598 g/mol. The fourth-order valence-electron chi connectivity index (χ4n) is 6.95. The number of nitrogens with zero attached hydrogens (tertiary/aromatic N) is 2. The summed E-state index contributed by atoms with van der Waals surface area (Å²) in [6.45, 7) is 6.84. The minimum absolute atomic E-state index is 0.101. The van der Waals surface area contributed by atoms with E-state index in [-0.39, 0.29) is 54.8 Å². The Labute approximate surface area is 281 Å². The molecule has 264 valence electrons. The number of likely N-dealkylation sites (N-methyl/N-ethyl adjacent to an activating group) is 1. The van der Waals surface area contributed by atoms with Gasteiger partial charge < -0.3 is 40.3 Å². The topological polar surface area (TPSA) is 132 Å². The quantitative estimate of drug-likeness (QED) is 0.288. The summed E-state index contributed by atoms with van der Waals surface area (Å²) in [7, 11) is 1.80. The highest BCUT2D eigenvalue weighted by Gasteiger charge is 2.31. The number of hydrogen-bond donors (Lipinski definition) is 4. The Balaban J connectivity index is 1.54. The summed E-state index contributed by atoms with van der Waals surface area (Å²) in [4.78, 5) is 43.7. The largest absolute Gasteiger partial charge is 0.490 e. The molecule has 1 aliphatic heterocycles. The van der Waals surface area contributed by atoms with Crippen LogP contribution in [0.1, 0.15) is 115 Å². The molecule has 2 fully saturated rings. The van der Waals surface area contributed by atoms with Crippen molar-refractivity contribution >= 4 is 23.7 Å². The predicted octanol–water partition coefficient (Wildman–Crippen LogP) is 5.91. The number of urea groups is 2. The minimum Gasteiger partial charge on any atom is -0.490 e. The standard InChI is InChI=1S/C36H59N5O6/c1-25-22-41(26(2)24-42)34(43)31-21-30(38-35(44)37-28-14-7-5-8-15-28)18-19-32(31)47-27(3)13-11-12-20-46-33(25)23-40(4)36(45)39-29-16-9-6-10-17-29/h18-19,21,25-29,33,42H,5-17,20,22-24H2,1-4H3,(H,39,45)(H2,37,38,44)/t25-,26-,27+,33-/m1/s1. The van der Waals surface area contributed by atoms with Crippen LogP contribution >= 0.6 is 0 Å². The fourth-order valence-corrected chi connectivity index (χ4v) is 6.95. The highest BCUT2D eigenvalue weighted by Crippen LogP contribution is 2.29. The molecule has 0 spiro atoms. The van der Waals surface area contributed by atoms with Crippen molar-refractivity contribution in [2.75, 3.05) is 38.7 Å². The molecule has 0 aromatic heterocycles. The summed E-state index contributed by atoms with van der Waals surface area (Å²) < 4.78 is 12.7. The number of carbonyl (C=O) groups is 3. The number of nitrogens with one attached hydrogen (secondary N) is 3. The Morgan fingerprint density at radius 2 is 1.60 bits per heavy atom. The summed E-state index contributed by atoms with van der Waals surface area (Å²) in [6.07, 6.45) is 12.9. The van der Waals surface area contributed by atoms with Crippen LogP contribution in [0.5, 0.6) is 5.75 Å². The van der Waals surface area contributed by atoms with E-state index in [0.717, 1.165) is 70.6 Å². The fraction of sp³-hybridized carbons (Fsp3) is 0.750. The van der Waals surface area contributed by atoms with Gasteiger partial charge in [0.1, 0.15) is 5.75 Å². The van der Waals surface area contributed by atoms with Crippen LogP contribution in [0.2, 0.25) is 0 Å². The average Bonchev–Trinajstić information content (AvgIpc) is 3.06. The smallest absolute Gasteiger partial charge is 0.319 e. The van der Waals surface area contributed by atoms with Crippen LogP contribution in [-0.2, 0) is 4.74 Å². The van der Waals surface area contributed by atoms with E-state index < -0.39 is 6.04 Å². The van der Waals surface area contributed by atoms with E-state index in [2.05, 4.69) is 16.0 Å². The van der Waals surface area contributed by atoms with Crippen molar-refractivity contribution < 1.29 is 29.0 Å². The monoisotopic (exact) mass is 657 g/mol. The summed E-state index contributed by atoms with van der Waals surface area (Å²) in [5.41, 5.74) is 0.831. The van der Waals surface area contributed by atoms with Crippen LogP contribution in [0.25, 0.3) is 0 Å². The number of aliphatic hydroxyl groups excluding tert-OH is 1. The average molecular weight is 658 g/mol. The van der Waals surface area contributed by atoms with Gasteiger partial charge in [-0.05, 0) is 77.0 Å². The Kier molecular flexibility index (Phi) is 14.5. The molecule has 11 nitrogen and oxygen atoms in total. The van der Waals surface area contributed by atoms with E-state index in [1.807, 2.05) is 20.8 Å². The van der Waals surface area contributed by atoms with Gasteiger partial charge >= 0.3 is 12.1 Å². The molecule has 5 amide bonds. The molecule has 0 saturated heterocycles. The Morgan fingerprint density at radius 3 is 2.26 bits per heavy atom. The van der Waals surface area contributed by atoms with Crippen LogP contribution in [0.15, 0.2) is 18.2 Å². The number of carbonyl (C=O) groups excluding carboxylic acids is 3. The van der Waals surface area contributed by atoms with Crippen LogP contribution in [-0.4, -0.2) is 96.6 Å². The molecule has 47 heavy (non-hydrogen) atoms. The van der Waals surface area contributed by atoms with Crippen LogP contribution < -0.4 is 20.7 Å². The zero-order valence-electron chi connectivity index (χ0n) is 29.1. The van der Waals surface area contributed by atoms with E-state index in [1.54, 1.807) is 35.0 Å². The molecule has 4 atom stereocenters. The first-order chi connectivity index (χ1) is 22.6. The normalized spacial score (nSPS) is 24.7. The zero-order valence-corrected chi connectivity index (χ0v) is 29.1. The number of benzene rings is 1. The van der Waals surface area contributed by atoms with Crippen molar-refractivity contribution in [1.82, 2.24) is 20.4 Å². The van der Waals surface area contributed by atoms with E-state index in [9.17, 15) is 19.5 Å². The minimum atomic E-state index is -0.484. The number of ether oxygens (including phenoxy) is 2. The van der Waals surface area contributed by atoms with Crippen molar-refractivity contribution in [3.8, 4) is 5.75 Å². The van der Waals surface area contributed by atoms with E-state index in [0.29, 0.717) is 36.7 Å². The van der Waals surface area contributed by atoms with Gasteiger partial charge in [-0.15, -0.1) is 0 Å². The lowest BCUT2D eigenvalue weighted by molar-refractivity contribution is -0.0123. The number of fused-ring (bicyclic) bond motifs is 1. The van der Waals surface area contributed by atoms with Gasteiger partial charge in [-0.25, -0.2) is 9.59 Å². The summed E-state index contributed by atoms with van der Waals surface area (Å²) in [6, 6.07) is 4.69. The lowest BCUT2D eigenvalue weighted by Gasteiger charge is -2.36. The van der Waals surface area contributed by atoms with Gasteiger partial charge in [0.25, 0.3) is 5.91 Å². The third-order valence-electron chi connectivity index (χ3n) is 9.98. The van der Waals surface area contributed by atoms with Crippen molar-refractivity contribution in [2.45, 2.75) is 135 Å². The molecule has 2 saturated carbocycles. The number of aliphatic hydroxyl groups is 1. The molecular formula is C36H59N5O6. The molecule has 0 unspecified atom stereocenters. The third-order valence-corrected chi connectivity index (χ3v) is 9.98. The maximum absolute atomic E-state index is 14.4. The Bertz CT molecular complexity index is 1150. The maximum Gasteiger partial charge on any atom is 0.319 e. The molecule has 3 aliphatic rings. The molecule has 1 heterocycles. The van der Waals surface area contributed by atoms with Gasteiger partial charge in [-0.2, -0.15) is 0 Å². The summed E-state index contributed by atoms with van der Waals surface area (Å²) >= 11 is 0. The van der Waals surface area contributed by atoms with Crippen molar-refractivity contribution in [2.24, 2.45) is 5.92 Å². The van der Waals surface area contributed by atoms with Crippen LogP contribution in [0.4, 0.5) is 15.3 Å². The molecule has 0 radical (unpaired) electrons. The van der Waals surface area contributed by atoms with Crippen molar-refractivity contribution in [3.05, 3.63) is 23.8 Å². The number of hydrogen-bond acceptors (Lipinski definition) is 6. The van der Waals surface area contributed by atoms with Crippen LogP contribution in [0, 0.1) is 5.92 Å². The number of amides is 5. The van der Waals surface area contributed by atoms with Crippen molar-refractivity contribution in [3.63, 3.8) is 0 Å². The maximum atomic E-state index is 14.4. The molecule has 0 bridgehead atoms. The highest BCUT2D eigenvalue weighted by molar-refractivity contribution is 5.99. The second kappa shape index (κ2) is 18.5. The predicted molar refractivity (Wildman–Crippen MR) is 184 cm³/mol. The zero-order chi connectivity index (χ0) is 33.8. The SMILES string of the molecule is C[C@@H]1CN([C@H](C)CO)C(=O)c2cc(NC(=O)NC3CCCCC3)ccc2O[C@@H](C)CCCCO[C@@H]1CN(C)C(=O)NC1CCCCC1. The second-order valence-corrected chi connectivity index (χ2v) is 14.1. The molecule has 2 aliphatic carbocycles. The third kappa shape index (κ3) is 11.3. The summed E-state index contributed by atoms with van der Waals surface area (Å²) in [5.74, 6) is 0.00958. The molecule has 1 aromatic carbocycles. The molecule has 1 aromatic rings. The first-order valence-corrected chi connectivity index (χ1v) is 18.1. The lowest BCUT2D eigenvalue weighted by atomic mass is 9.96. The summed E-state index contributed by atoms with van der Waals surface area (Å²) in [5, 5.41) is 19.4. The van der Waals surface area contributed by atoms with Crippen molar-refractivity contribution in [1.29, 1.82) is 0 Å². The Morgan fingerprint density at radius 1 is 0.957 bits per heavy atom. The van der Waals surface area contributed by atoms with E-state index in [4.69, 9.17) is 9.47 Å². The van der Waals surface area contributed by atoms with E-state index >= 15 is 0 Å². The van der Waals surface area contributed by atoms with Gasteiger partial charge in [0.05, 0.1) is 30.4 Å². The lowest BCUT2D eigenvalue weighted by Crippen LogP contribution is -2.50. The van der Waals surface area contributed by atoms with E-state index in [1.165, 1.54) is 12.8 Å². The Hall–Kier alpha value is -3.05. The molecule has 4 N–H and O–H groups in total. The second-order valence-electron chi connectivity index (χ2n) is 14.1.